The van der Waals surface area contributed by atoms with Crippen LogP contribution >= 0.6 is 11.8 Å². The lowest BCUT2D eigenvalue weighted by molar-refractivity contribution is -0.139. The number of aryl methyl sites for hydroxylation is 1. The second kappa shape index (κ2) is 5.50. The first-order valence-electron chi connectivity index (χ1n) is 5.62. The van der Waals surface area contributed by atoms with Crippen LogP contribution in [0.4, 0.5) is 0 Å². The number of hydrogen-bond donors (Lipinski definition) is 2. The Labute approximate surface area is 104 Å². The molecular formula is C10H16N4O2S. The van der Waals surface area contributed by atoms with Crippen molar-refractivity contribution >= 4 is 17.7 Å². The summed E-state index contributed by atoms with van der Waals surface area (Å²) in [6.45, 7) is 0. The second-order valence-electron chi connectivity index (χ2n) is 4.14. The zero-order chi connectivity index (χ0) is 12.3. The first-order chi connectivity index (χ1) is 8.16. The molecule has 1 aromatic heterocycles. The van der Waals surface area contributed by atoms with Gasteiger partial charge in [0.05, 0.1) is 0 Å². The highest BCUT2D eigenvalue weighted by Crippen LogP contribution is 2.21. The van der Waals surface area contributed by atoms with Gasteiger partial charge in [0.2, 0.25) is 0 Å². The van der Waals surface area contributed by atoms with Crippen molar-refractivity contribution in [3.05, 3.63) is 6.33 Å². The number of carboxylic acids is 1. The van der Waals surface area contributed by atoms with Gasteiger partial charge in [-0.3, -0.25) is 4.79 Å². The van der Waals surface area contributed by atoms with E-state index in [1.165, 1.54) is 18.1 Å². The van der Waals surface area contributed by atoms with E-state index in [4.69, 9.17) is 5.11 Å². The number of nitrogens with one attached hydrogen (secondary N) is 1. The van der Waals surface area contributed by atoms with E-state index in [0.29, 0.717) is 12.5 Å². The van der Waals surface area contributed by atoms with Crippen molar-refractivity contribution in [2.45, 2.75) is 36.5 Å². The van der Waals surface area contributed by atoms with Crippen molar-refractivity contribution in [1.82, 2.24) is 20.1 Å². The molecule has 1 saturated carbocycles. The molecule has 0 saturated heterocycles. The van der Waals surface area contributed by atoms with Crippen LogP contribution in [0.5, 0.6) is 0 Å². The van der Waals surface area contributed by atoms with Crippen LogP contribution in [0.3, 0.4) is 0 Å². The summed E-state index contributed by atoms with van der Waals surface area (Å²) in [5, 5.41) is 17.0. The van der Waals surface area contributed by atoms with Crippen LogP contribution in [0.15, 0.2) is 11.5 Å². The van der Waals surface area contributed by atoms with Crippen LogP contribution in [0.2, 0.25) is 0 Å². The number of thioether (sulfide) groups is 1. The fourth-order valence-electron chi connectivity index (χ4n) is 1.50. The highest BCUT2D eigenvalue weighted by Gasteiger charge is 2.27. The summed E-state index contributed by atoms with van der Waals surface area (Å²) < 4.78 is 1.69. The summed E-state index contributed by atoms with van der Waals surface area (Å²) in [5.74, 6) is -0.0427. The normalized spacial score (nSPS) is 17.0. The first-order valence-corrected chi connectivity index (χ1v) is 6.61. The largest absolute Gasteiger partial charge is 0.480 e. The molecule has 0 spiro atoms. The molecule has 0 radical (unpaired) electrons. The van der Waals surface area contributed by atoms with Crippen LogP contribution in [0, 0.1) is 0 Å². The Morgan fingerprint density at radius 2 is 2.53 bits per heavy atom. The Bertz CT molecular complexity index is 391. The number of hydrogen-bond acceptors (Lipinski definition) is 5. The van der Waals surface area contributed by atoms with Gasteiger partial charge < -0.3 is 10.4 Å². The Kier molecular flexibility index (Phi) is 4.01. The molecule has 2 N–H and O–H groups in total. The van der Waals surface area contributed by atoms with Gasteiger partial charge in [-0.25, -0.2) is 9.67 Å². The van der Waals surface area contributed by atoms with Crippen molar-refractivity contribution in [2.75, 3.05) is 5.75 Å². The Morgan fingerprint density at radius 1 is 1.76 bits per heavy atom. The summed E-state index contributed by atoms with van der Waals surface area (Å²) in [6.07, 6.45) is 4.29. The molecule has 1 heterocycles. The van der Waals surface area contributed by atoms with Crippen molar-refractivity contribution < 1.29 is 9.90 Å². The Morgan fingerprint density at radius 3 is 3.06 bits per heavy atom. The maximum Gasteiger partial charge on any atom is 0.320 e. The maximum absolute atomic E-state index is 11.0. The zero-order valence-electron chi connectivity index (χ0n) is 9.67. The molecule has 6 nitrogen and oxygen atoms in total. The van der Waals surface area contributed by atoms with E-state index in [9.17, 15) is 4.79 Å². The van der Waals surface area contributed by atoms with Crippen LogP contribution < -0.4 is 5.32 Å². The van der Waals surface area contributed by atoms with E-state index in [-0.39, 0.29) is 0 Å². The topological polar surface area (TPSA) is 80.0 Å². The third kappa shape index (κ3) is 3.71. The molecule has 1 aliphatic rings. The van der Waals surface area contributed by atoms with E-state index in [0.717, 1.165) is 23.8 Å². The maximum atomic E-state index is 11.0. The monoisotopic (exact) mass is 256 g/mol. The van der Waals surface area contributed by atoms with Crippen molar-refractivity contribution in [3.8, 4) is 0 Å². The van der Waals surface area contributed by atoms with Gasteiger partial charge in [0, 0.05) is 18.8 Å². The fourth-order valence-corrected chi connectivity index (χ4v) is 2.39. The Hall–Kier alpha value is -1.08. The molecule has 1 fully saturated rings. The van der Waals surface area contributed by atoms with Gasteiger partial charge in [0.15, 0.2) is 5.16 Å². The quantitative estimate of drug-likeness (QED) is 0.692. The smallest absolute Gasteiger partial charge is 0.320 e. The van der Waals surface area contributed by atoms with Gasteiger partial charge in [-0.1, -0.05) is 11.8 Å². The molecule has 0 aromatic carbocycles. The molecule has 0 aliphatic heterocycles. The molecule has 7 heteroatoms. The minimum atomic E-state index is -0.768. The van der Waals surface area contributed by atoms with Crippen LogP contribution in [-0.2, 0) is 11.8 Å². The van der Waals surface area contributed by atoms with E-state index < -0.39 is 12.0 Å². The number of carboxylic acid groups (broad SMARTS) is 1. The fraction of sp³-hybridized carbons (Fsp3) is 0.700. The van der Waals surface area contributed by atoms with E-state index in [1.54, 1.807) is 4.68 Å². The molecule has 1 aliphatic carbocycles. The lowest BCUT2D eigenvalue weighted by Crippen LogP contribution is -2.38. The third-order valence-corrected chi connectivity index (χ3v) is 3.69. The van der Waals surface area contributed by atoms with Gasteiger partial charge in [0.25, 0.3) is 0 Å². The summed E-state index contributed by atoms with van der Waals surface area (Å²) in [5.41, 5.74) is 0. The van der Waals surface area contributed by atoms with E-state index >= 15 is 0 Å². The lowest BCUT2D eigenvalue weighted by Gasteiger charge is -2.13. The van der Waals surface area contributed by atoms with Crippen LogP contribution in [0.1, 0.15) is 19.3 Å². The van der Waals surface area contributed by atoms with Gasteiger partial charge >= 0.3 is 5.97 Å². The third-order valence-electron chi connectivity index (χ3n) is 2.62. The minimum absolute atomic E-state index is 0.413. The molecule has 94 valence electrons. The highest BCUT2D eigenvalue weighted by molar-refractivity contribution is 7.99. The Balaban J connectivity index is 1.75. The van der Waals surface area contributed by atoms with Gasteiger partial charge in [-0.15, -0.1) is 0 Å². The molecule has 1 unspecified atom stereocenters. The standard InChI is InChI=1S/C10H16N4O2S/c1-14-10(11-6-12-14)17-5-4-8(9(15)16)13-7-2-3-7/h6-8,13H,2-5H2,1H3,(H,15,16). The molecular weight excluding hydrogens is 240 g/mol. The summed E-state index contributed by atoms with van der Waals surface area (Å²) in [6, 6.07) is -0.0286. The summed E-state index contributed by atoms with van der Waals surface area (Å²) in [4.78, 5) is 15.1. The average molecular weight is 256 g/mol. The molecule has 2 rings (SSSR count). The van der Waals surface area contributed by atoms with Gasteiger partial charge in [-0.2, -0.15) is 5.10 Å². The second-order valence-corrected chi connectivity index (χ2v) is 5.20. The van der Waals surface area contributed by atoms with Crippen molar-refractivity contribution in [1.29, 1.82) is 0 Å². The van der Waals surface area contributed by atoms with Gasteiger partial charge in [-0.05, 0) is 19.3 Å². The number of nitrogens with zero attached hydrogens (tertiary/aromatic N) is 3. The minimum Gasteiger partial charge on any atom is -0.480 e. The lowest BCUT2D eigenvalue weighted by atomic mass is 10.2. The SMILES string of the molecule is Cn1ncnc1SCCC(NC1CC1)C(=O)O. The highest BCUT2D eigenvalue weighted by atomic mass is 32.2. The number of aromatic nitrogens is 3. The molecule has 17 heavy (non-hydrogen) atoms. The molecule has 0 bridgehead atoms. The van der Waals surface area contributed by atoms with Crippen LogP contribution in [-0.4, -0.2) is 43.7 Å². The first kappa shape index (κ1) is 12.4. The van der Waals surface area contributed by atoms with E-state index in [1.807, 2.05) is 7.05 Å². The average Bonchev–Trinajstić information content (AvgIpc) is 3.01. The summed E-state index contributed by atoms with van der Waals surface area (Å²) in [7, 11) is 1.83. The number of carbonyl (C=O) groups is 1. The predicted molar refractivity (Wildman–Crippen MR) is 63.9 cm³/mol. The molecule has 1 atom stereocenters. The number of aliphatic carboxylic acids is 1. The predicted octanol–water partition coefficient (Wildman–Crippen LogP) is 0.502. The number of rotatable bonds is 7. The van der Waals surface area contributed by atoms with Gasteiger partial charge in [0.1, 0.15) is 12.4 Å². The van der Waals surface area contributed by atoms with Crippen LogP contribution in [0.25, 0.3) is 0 Å². The summed E-state index contributed by atoms with van der Waals surface area (Å²) >= 11 is 1.53. The van der Waals surface area contributed by atoms with Crippen molar-refractivity contribution in [2.24, 2.45) is 7.05 Å². The molecule has 1 aromatic rings. The zero-order valence-corrected chi connectivity index (χ0v) is 10.5. The van der Waals surface area contributed by atoms with E-state index in [2.05, 4.69) is 15.4 Å². The molecule has 0 amide bonds. The van der Waals surface area contributed by atoms with Crippen molar-refractivity contribution in [3.63, 3.8) is 0 Å².